The molecule has 0 atom stereocenters. The average molecular weight is 368 g/mol. The number of para-hydroxylation sites is 1. The number of hydrogen-bond acceptors (Lipinski definition) is 4. The van der Waals surface area contributed by atoms with Crippen LogP contribution in [0.3, 0.4) is 0 Å². The molecule has 2 heterocycles. The summed E-state index contributed by atoms with van der Waals surface area (Å²) in [5.74, 6) is 2.45. The molecule has 7 nitrogen and oxygen atoms in total. The predicted octanol–water partition coefficient (Wildman–Crippen LogP) is 2.93. The molecule has 0 unspecified atom stereocenters. The van der Waals surface area contributed by atoms with Crippen LogP contribution in [0.4, 0.5) is 0 Å². The van der Waals surface area contributed by atoms with Gasteiger partial charge in [-0.25, -0.2) is 0 Å². The van der Waals surface area contributed by atoms with Gasteiger partial charge in [0.1, 0.15) is 0 Å². The highest BCUT2D eigenvalue weighted by Gasteiger charge is 2.10. The van der Waals surface area contributed by atoms with Crippen LogP contribution in [-0.4, -0.2) is 41.2 Å². The van der Waals surface area contributed by atoms with Gasteiger partial charge in [-0.2, -0.15) is 4.98 Å². The van der Waals surface area contributed by atoms with Gasteiger partial charge in [-0.05, 0) is 24.5 Å². The lowest BCUT2D eigenvalue weighted by Crippen LogP contribution is -2.39. The van der Waals surface area contributed by atoms with Gasteiger partial charge in [0.15, 0.2) is 11.8 Å². The molecule has 27 heavy (non-hydrogen) atoms. The van der Waals surface area contributed by atoms with Crippen molar-refractivity contribution < 1.29 is 4.52 Å². The number of H-pyrrole nitrogens is 1. The maximum Gasteiger partial charge on any atom is 0.228 e. The Morgan fingerprint density at radius 1 is 1.22 bits per heavy atom. The van der Waals surface area contributed by atoms with Gasteiger partial charge in [0.05, 0.1) is 0 Å². The lowest BCUT2D eigenvalue weighted by atomic mass is 10.1. The summed E-state index contributed by atoms with van der Waals surface area (Å²) in [6.07, 6.45) is 3.69. The number of aromatic amines is 1. The number of hydrogen-bond donors (Lipinski definition) is 3. The Bertz CT molecular complexity index is 908. The molecule has 0 aliphatic heterocycles. The smallest absolute Gasteiger partial charge is 0.228 e. The zero-order chi connectivity index (χ0) is 19.2. The van der Waals surface area contributed by atoms with Gasteiger partial charge in [-0.1, -0.05) is 37.2 Å². The van der Waals surface area contributed by atoms with E-state index in [1.54, 1.807) is 7.05 Å². The summed E-state index contributed by atoms with van der Waals surface area (Å²) in [6, 6.07) is 6.39. The van der Waals surface area contributed by atoms with E-state index in [0.29, 0.717) is 18.9 Å². The number of aliphatic imine (C=N–C) groups is 1. The molecule has 0 aliphatic rings. The first-order valence-corrected chi connectivity index (χ1v) is 9.41. The van der Waals surface area contributed by atoms with E-state index >= 15 is 0 Å². The first-order valence-electron chi connectivity index (χ1n) is 9.41. The number of nitrogens with one attached hydrogen (secondary N) is 3. The van der Waals surface area contributed by atoms with E-state index in [9.17, 15) is 0 Å². The van der Waals surface area contributed by atoms with Gasteiger partial charge in [-0.15, -0.1) is 0 Å². The van der Waals surface area contributed by atoms with Crippen LogP contribution in [0.1, 0.15) is 42.6 Å². The summed E-state index contributed by atoms with van der Waals surface area (Å²) in [7, 11) is 1.77. The minimum Gasteiger partial charge on any atom is -0.361 e. The Morgan fingerprint density at radius 3 is 2.70 bits per heavy atom. The van der Waals surface area contributed by atoms with Crippen molar-refractivity contribution in [2.75, 3.05) is 20.1 Å². The lowest BCUT2D eigenvalue weighted by Gasteiger charge is -2.10. The molecule has 0 saturated carbocycles. The van der Waals surface area contributed by atoms with Crippen LogP contribution in [0.5, 0.6) is 0 Å². The van der Waals surface area contributed by atoms with Gasteiger partial charge >= 0.3 is 0 Å². The van der Waals surface area contributed by atoms with Gasteiger partial charge in [0, 0.05) is 49.6 Å². The predicted molar refractivity (Wildman–Crippen MR) is 108 cm³/mol. The molecule has 3 N–H and O–H groups in total. The molecule has 3 rings (SSSR count). The fourth-order valence-electron chi connectivity index (χ4n) is 3.00. The normalized spacial score (nSPS) is 12.1. The van der Waals surface area contributed by atoms with Crippen LogP contribution in [-0.2, 0) is 12.8 Å². The fourth-order valence-corrected chi connectivity index (χ4v) is 3.00. The van der Waals surface area contributed by atoms with Gasteiger partial charge in [-0.3, -0.25) is 4.99 Å². The van der Waals surface area contributed by atoms with Crippen LogP contribution in [0.25, 0.3) is 10.9 Å². The van der Waals surface area contributed by atoms with E-state index in [2.05, 4.69) is 62.1 Å². The quantitative estimate of drug-likeness (QED) is 0.441. The number of nitrogens with zero attached hydrogens (tertiary/aromatic N) is 3. The van der Waals surface area contributed by atoms with E-state index in [-0.39, 0.29) is 5.92 Å². The van der Waals surface area contributed by atoms with Gasteiger partial charge < -0.3 is 20.1 Å². The van der Waals surface area contributed by atoms with Crippen LogP contribution in [0, 0.1) is 6.92 Å². The van der Waals surface area contributed by atoms with Crippen molar-refractivity contribution >= 4 is 16.9 Å². The third-order valence-electron chi connectivity index (χ3n) is 4.55. The molecule has 144 valence electrons. The summed E-state index contributed by atoms with van der Waals surface area (Å²) < 4.78 is 5.26. The Morgan fingerprint density at radius 2 is 2.00 bits per heavy atom. The van der Waals surface area contributed by atoms with Gasteiger partial charge in [0.25, 0.3) is 0 Å². The second-order valence-corrected chi connectivity index (χ2v) is 6.94. The van der Waals surface area contributed by atoms with Crippen molar-refractivity contribution in [3.63, 3.8) is 0 Å². The van der Waals surface area contributed by atoms with Crippen molar-refractivity contribution in [1.82, 2.24) is 25.8 Å². The van der Waals surface area contributed by atoms with Crippen LogP contribution >= 0.6 is 0 Å². The molecule has 0 radical (unpaired) electrons. The Kier molecular flexibility index (Phi) is 6.11. The molecule has 0 saturated heterocycles. The SMILES string of the molecule is CN=C(NCCc1nc(C(C)C)no1)NCCc1c[nH]c2c(C)cccc12. The highest BCUT2D eigenvalue weighted by atomic mass is 16.5. The molecule has 0 spiro atoms. The Labute approximate surface area is 159 Å². The molecule has 0 amide bonds. The number of aromatic nitrogens is 3. The number of rotatable bonds is 7. The molecule has 0 fully saturated rings. The minimum absolute atomic E-state index is 0.276. The second-order valence-electron chi connectivity index (χ2n) is 6.94. The van der Waals surface area contributed by atoms with E-state index < -0.39 is 0 Å². The van der Waals surface area contributed by atoms with Crippen molar-refractivity contribution in [2.45, 2.75) is 39.5 Å². The summed E-state index contributed by atoms with van der Waals surface area (Å²) in [4.78, 5) is 12.0. The van der Waals surface area contributed by atoms with Crippen molar-refractivity contribution in [3.8, 4) is 0 Å². The highest BCUT2D eigenvalue weighted by molar-refractivity contribution is 5.86. The summed E-state index contributed by atoms with van der Waals surface area (Å²) >= 11 is 0. The minimum atomic E-state index is 0.276. The second kappa shape index (κ2) is 8.70. The largest absolute Gasteiger partial charge is 0.361 e. The third-order valence-corrected chi connectivity index (χ3v) is 4.55. The zero-order valence-corrected chi connectivity index (χ0v) is 16.5. The Balaban J connectivity index is 1.45. The molecule has 3 aromatic rings. The average Bonchev–Trinajstić information content (AvgIpc) is 3.29. The molecule has 0 bridgehead atoms. The third kappa shape index (κ3) is 4.67. The van der Waals surface area contributed by atoms with Crippen molar-refractivity contribution in [3.05, 3.63) is 47.2 Å². The topological polar surface area (TPSA) is 91.1 Å². The number of aryl methyl sites for hydroxylation is 1. The molecule has 1 aromatic carbocycles. The first-order chi connectivity index (χ1) is 13.1. The molecular formula is C20H28N6O. The summed E-state index contributed by atoms with van der Waals surface area (Å²) in [5, 5.41) is 11.9. The summed E-state index contributed by atoms with van der Waals surface area (Å²) in [6.45, 7) is 7.71. The molecule has 2 aromatic heterocycles. The summed E-state index contributed by atoms with van der Waals surface area (Å²) in [5.41, 5.74) is 3.80. The number of guanidine groups is 1. The molecule has 7 heteroatoms. The van der Waals surface area contributed by atoms with Crippen molar-refractivity contribution in [2.24, 2.45) is 4.99 Å². The highest BCUT2D eigenvalue weighted by Crippen LogP contribution is 2.21. The maximum absolute atomic E-state index is 5.26. The van der Waals surface area contributed by atoms with Gasteiger partial charge in [0.2, 0.25) is 5.89 Å². The van der Waals surface area contributed by atoms with E-state index in [1.807, 2.05) is 13.8 Å². The van der Waals surface area contributed by atoms with Crippen molar-refractivity contribution in [1.29, 1.82) is 0 Å². The number of benzene rings is 1. The van der Waals surface area contributed by atoms with Crippen LogP contribution < -0.4 is 10.6 Å². The van der Waals surface area contributed by atoms with Crippen LogP contribution in [0.2, 0.25) is 0 Å². The van der Waals surface area contributed by atoms with Crippen LogP contribution in [0.15, 0.2) is 33.9 Å². The Hall–Kier alpha value is -2.83. The molecule has 0 aliphatic carbocycles. The lowest BCUT2D eigenvalue weighted by molar-refractivity contribution is 0.371. The van der Waals surface area contributed by atoms with E-state index in [4.69, 9.17) is 4.52 Å². The molecular weight excluding hydrogens is 340 g/mol. The standard InChI is InChI=1S/C20H28N6O/c1-13(2)19-25-17(27-26-19)9-11-23-20(21-4)22-10-8-15-12-24-18-14(3)6-5-7-16(15)18/h5-7,12-13,24H,8-11H2,1-4H3,(H2,21,22,23). The van der Waals surface area contributed by atoms with E-state index in [1.165, 1.54) is 22.0 Å². The number of fused-ring (bicyclic) bond motifs is 1. The zero-order valence-electron chi connectivity index (χ0n) is 16.5. The monoisotopic (exact) mass is 368 g/mol. The van der Waals surface area contributed by atoms with E-state index in [0.717, 1.165) is 24.7 Å². The maximum atomic E-state index is 5.26. The first kappa shape index (κ1) is 18.9. The fraction of sp³-hybridized carbons (Fsp3) is 0.450.